The van der Waals surface area contributed by atoms with Crippen LogP contribution in [0.15, 0.2) is 59.2 Å². The lowest BCUT2D eigenvalue weighted by Gasteiger charge is -2.00. The standard InChI is InChI=1S/C17H12ClFN2O/c18-13-5-1-11(2-6-13)9-15-17(22)21-16(20-15)10-12-3-7-14(19)8-4-12/h1-9H,10H2,(H,20,21,22)/b15-9+. The Kier molecular flexibility index (Phi) is 4.02. The van der Waals surface area contributed by atoms with Crippen LogP contribution in [-0.4, -0.2) is 11.7 Å². The maximum atomic E-state index is 12.9. The first-order valence-electron chi connectivity index (χ1n) is 6.71. The van der Waals surface area contributed by atoms with Gasteiger partial charge in [-0.2, -0.15) is 0 Å². The molecule has 1 N–H and O–H groups in total. The number of aliphatic imine (C=N–C) groups is 1. The van der Waals surface area contributed by atoms with Crippen LogP contribution < -0.4 is 5.32 Å². The van der Waals surface area contributed by atoms with Crippen molar-refractivity contribution in [3.05, 3.63) is 76.2 Å². The topological polar surface area (TPSA) is 41.5 Å². The van der Waals surface area contributed by atoms with Crippen LogP contribution in [0.1, 0.15) is 11.1 Å². The molecule has 0 spiro atoms. The van der Waals surface area contributed by atoms with E-state index in [1.165, 1.54) is 12.1 Å². The molecule has 0 saturated heterocycles. The van der Waals surface area contributed by atoms with Gasteiger partial charge in [-0.1, -0.05) is 35.9 Å². The average molecular weight is 315 g/mol. The highest BCUT2D eigenvalue weighted by molar-refractivity contribution is 6.30. The van der Waals surface area contributed by atoms with Crippen molar-refractivity contribution in [2.45, 2.75) is 6.42 Å². The molecule has 2 aromatic carbocycles. The number of amidine groups is 1. The van der Waals surface area contributed by atoms with Crippen LogP contribution in [0.2, 0.25) is 5.02 Å². The van der Waals surface area contributed by atoms with Gasteiger partial charge in [-0.15, -0.1) is 0 Å². The van der Waals surface area contributed by atoms with Gasteiger partial charge >= 0.3 is 0 Å². The monoisotopic (exact) mass is 314 g/mol. The third kappa shape index (κ3) is 3.40. The van der Waals surface area contributed by atoms with Gasteiger partial charge in [0, 0.05) is 11.4 Å². The molecule has 22 heavy (non-hydrogen) atoms. The quantitative estimate of drug-likeness (QED) is 0.864. The van der Waals surface area contributed by atoms with E-state index in [4.69, 9.17) is 11.6 Å². The van der Waals surface area contributed by atoms with E-state index in [0.717, 1.165) is 11.1 Å². The van der Waals surface area contributed by atoms with Crippen molar-refractivity contribution in [1.29, 1.82) is 0 Å². The number of halogens is 2. The summed E-state index contributed by atoms with van der Waals surface area (Å²) in [6.45, 7) is 0. The van der Waals surface area contributed by atoms with Crippen LogP contribution in [0.3, 0.4) is 0 Å². The van der Waals surface area contributed by atoms with E-state index in [-0.39, 0.29) is 11.7 Å². The Morgan fingerprint density at radius 1 is 1.09 bits per heavy atom. The minimum absolute atomic E-state index is 0.243. The Morgan fingerprint density at radius 3 is 2.45 bits per heavy atom. The van der Waals surface area contributed by atoms with Gasteiger partial charge in [0.25, 0.3) is 5.91 Å². The zero-order chi connectivity index (χ0) is 15.5. The van der Waals surface area contributed by atoms with Crippen molar-refractivity contribution in [2.75, 3.05) is 0 Å². The van der Waals surface area contributed by atoms with E-state index in [1.54, 1.807) is 30.3 Å². The van der Waals surface area contributed by atoms with Gasteiger partial charge < -0.3 is 5.32 Å². The predicted octanol–water partition coefficient (Wildman–Crippen LogP) is 3.59. The van der Waals surface area contributed by atoms with Crippen LogP contribution in [0, 0.1) is 5.82 Å². The van der Waals surface area contributed by atoms with Crippen LogP contribution in [0.25, 0.3) is 6.08 Å². The van der Waals surface area contributed by atoms with E-state index in [2.05, 4.69) is 10.3 Å². The number of hydrogen-bond acceptors (Lipinski definition) is 2. The minimum Gasteiger partial charge on any atom is -0.308 e. The van der Waals surface area contributed by atoms with E-state index < -0.39 is 0 Å². The summed E-state index contributed by atoms with van der Waals surface area (Å²) in [6, 6.07) is 13.3. The molecule has 110 valence electrons. The summed E-state index contributed by atoms with van der Waals surface area (Å²) < 4.78 is 12.9. The molecule has 3 nitrogen and oxygen atoms in total. The smallest absolute Gasteiger partial charge is 0.275 e. The Bertz CT molecular complexity index is 764. The molecule has 1 amide bonds. The Hall–Kier alpha value is -2.46. The molecule has 1 aliphatic rings. The third-order valence-electron chi connectivity index (χ3n) is 3.20. The summed E-state index contributed by atoms with van der Waals surface area (Å²) in [6.07, 6.45) is 2.15. The molecular weight excluding hydrogens is 303 g/mol. The zero-order valence-corrected chi connectivity index (χ0v) is 12.3. The summed E-state index contributed by atoms with van der Waals surface area (Å²) in [5, 5.41) is 3.36. The van der Waals surface area contributed by atoms with E-state index in [0.29, 0.717) is 23.0 Å². The van der Waals surface area contributed by atoms with Crippen LogP contribution in [0.5, 0.6) is 0 Å². The van der Waals surface area contributed by atoms with Gasteiger partial charge in [-0.25, -0.2) is 9.38 Å². The molecule has 3 rings (SSSR count). The lowest BCUT2D eigenvalue weighted by molar-refractivity contribution is -0.115. The molecule has 0 radical (unpaired) electrons. The molecule has 1 heterocycles. The minimum atomic E-state index is -0.288. The Labute approximate surface area is 132 Å². The first kappa shape index (κ1) is 14.5. The molecule has 0 fully saturated rings. The molecule has 0 saturated carbocycles. The third-order valence-corrected chi connectivity index (χ3v) is 3.46. The fraction of sp³-hybridized carbons (Fsp3) is 0.0588. The Morgan fingerprint density at radius 2 is 1.77 bits per heavy atom. The number of benzene rings is 2. The highest BCUT2D eigenvalue weighted by Crippen LogP contribution is 2.16. The molecular formula is C17H12ClFN2O. The molecule has 0 atom stereocenters. The number of carbonyl (C=O) groups is 1. The van der Waals surface area contributed by atoms with Crippen molar-refractivity contribution in [2.24, 2.45) is 4.99 Å². The van der Waals surface area contributed by atoms with E-state index >= 15 is 0 Å². The van der Waals surface area contributed by atoms with Crippen molar-refractivity contribution in [3.63, 3.8) is 0 Å². The van der Waals surface area contributed by atoms with Gasteiger partial charge in [0.15, 0.2) is 0 Å². The molecule has 0 bridgehead atoms. The fourth-order valence-electron chi connectivity index (χ4n) is 2.11. The second-order valence-corrected chi connectivity index (χ2v) is 5.33. The molecule has 1 aliphatic heterocycles. The number of rotatable bonds is 3. The molecule has 0 aromatic heterocycles. The Balaban J connectivity index is 1.79. The maximum Gasteiger partial charge on any atom is 0.275 e. The molecule has 2 aromatic rings. The largest absolute Gasteiger partial charge is 0.308 e. The van der Waals surface area contributed by atoms with Crippen molar-refractivity contribution < 1.29 is 9.18 Å². The molecule has 0 unspecified atom stereocenters. The predicted molar refractivity (Wildman–Crippen MR) is 85.1 cm³/mol. The first-order chi connectivity index (χ1) is 10.6. The number of nitrogens with zero attached hydrogens (tertiary/aromatic N) is 1. The van der Waals surface area contributed by atoms with Crippen molar-refractivity contribution in [3.8, 4) is 0 Å². The van der Waals surface area contributed by atoms with Gasteiger partial charge in [0.2, 0.25) is 0 Å². The zero-order valence-electron chi connectivity index (χ0n) is 11.5. The SMILES string of the molecule is O=C1NC(Cc2ccc(F)cc2)=N/C1=C/c1ccc(Cl)cc1. The van der Waals surface area contributed by atoms with Gasteiger partial charge in [0.1, 0.15) is 17.3 Å². The lowest BCUT2D eigenvalue weighted by atomic mass is 10.1. The molecule has 0 aliphatic carbocycles. The van der Waals surface area contributed by atoms with E-state index in [9.17, 15) is 9.18 Å². The number of amides is 1. The number of hydrogen-bond donors (Lipinski definition) is 1. The summed E-state index contributed by atoms with van der Waals surface area (Å²) in [7, 11) is 0. The highest BCUT2D eigenvalue weighted by Gasteiger charge is 2.19. The summed E-state index contributed by atoms with van der Waals surface area (Å²) in [5.74, 6) is 0.0216. The fourth-order valence-corrected chi connectivity index (χ4v) is 2.24. The maximum absolute atomic E-state index is 12.9. The van der Waals surface area contributed by atoms with Gasteiger partial charge in [0.05, 0.1) is 0 Å². The average Bonchev–Trinajstić information content (AvgIpc) is 2.84. The summed E-state index contributed by atoms with van der Waals surface area (Å²) >= 11 is 5.83. The lowest BCUT2D eigenvalue weighted by Crippen LogP contribution is -2.25. The first-order valence-corrected chi connectivity index (χ1v) is 7.08. The van der Waals surface area contributed by atoms with Crippen LogP contribution in [0.4, 0.5) is 4.39 Å². The van der Waals surface area contributed by atoms with Gasteiger partial charge in [-0.3, -0.25) is 4.79 Å². The number of nitrogens with one attached hydrogen (secondary N) is 1. The van der Waals surface area contributed by atoms with Crippen molar-refractivity contribution >= 4 is 29.4 Å². The van der Waals surface area contributed by atoms with Crippen LogP contribution >= 0.6 is 11.6 Å². The van der Waals surface area contributed by atoms with Crippen molar-refractivity contribution in [1.82, 2.24) is 5.32 Å². The highest BCUT2D eigenvalue weighted by atomic mass is 35.5. The normalized spacial score (nSPS) is 15.8. The second-order valence-electron chi connectivity index (χ2n) is 4.90. The second kappa shape index (κ2) is 6.12. The van der Waals surface area contributed by atoms with Crippen LogP contribution in [-0.2, 0) is 11.2 Å². The van der Waals surface area contributed by atoms with Gasteiger partial charge in [-0.05, 0) is 41.5 Å². The van der Waals surface area contributed by atoms with E-state index in [1.807, 2.05) is 12.1 Å². The number of carbonyl (C=O) groups excluding carboxylic acids is 1. The molecule has 5 heteroatoms. The summed E-state index contributed by atoms with van der Waals surface area (Å²) in [5.41, 5.74) is 2.08. The summed E-state index contributed by atoms with van der Waals surface area (Å²) in [4.78, 5) is 16.2.